The van der Waals surface area contributed by atoms with Crippen LogP contribution in [-0.2, 0) is 4.74 Å². The van der Waals surface area contributed by atoms with E-state index in [1.165, 1.54) is 11.3 Å². The van der Waals surface area contributed by atoms with Crippen LogP contribution in [0.5, 0.6) is 0 Å². The number of aromatic nitrogens is 1. The molecular formula is C13H19Cl2N3O2S2. The van der Waals surface area contributed by atoms with E-state index in [1.807, 2.05) is 16.8 Å². The first-order valence-corrected chi connectivity index (χ1v) is 8.03. The molecule has 0 aromatic carbocycles. The van der Waals surface area contributed by atoms with Gasteiger partial charge in [-0.25, -0.2) is 4.98 Å². The third kappa shape index (κ3) is 6.60. The lowest BCUT2D eigenvalue weighted by Gasteiger charge is -2.04. The van der Waals surface area contributed by atoms with E-state index in [1.54, 1.807) is 24.6 Å². The number of ether oxygens (including phenoxy) is 1. The van der Waals surface area contributed by atoms with Crippen LogP contribution in [0.3, 0.4) is 0 Å². The van der Waals surface area contributed by atoms with E-state index >= 15 is 0 Å². The Morgan fingerprint density at radius 1 is 1.32 bits per heavy atom. The molecule has 2 heterocycles. The van der Waals surface area contributed by atoms with Crippen molar-refractivity contribution in [3.63, 3.8) is 0 Å². The van der Waals surface area contributed by atoms with Crippen molar-refractivity contribution in [2.24, 2.45) is 0 Å². The molecule has 0 fully saturated rings. The third-order valence-corrected chi connectivity index (χ3v) is 4.30. The summed E-state index contributed by atoms with van der Waals surface area (Å²) in [5.41, 5.74) is 1.07. The predicted octanol–water partition coefficient (Wildman–Crippen LogP) is 2.68. The fraction of sp³-hybridized carbons (Fsp3) is 0.385. The number of thiazole rings is 1. The maximum absolute atomic E-state index is 11.9. The molecule has 5 nitrogen and oxygen atoms in total. The molecule has 0 bridgehead atoms. The number of rotatable bonds is 8. The van der Waals surface area contributed by atoms with Crippen molar-refractivity contribution >= 4 is 53.4 Å². The van der Waals surface area contributed by atoms with E-state index in [4.69, 9.17) is 4.74 Å². The molecule has 124 valence electrons. The average molecular weight is 384 g/mol. The maximum atomic E-state index is 11.9. The van der Waals surface area contributed by atoms with E-state index < -0.39 is 0 Å². The molecule has 1 amide bonds. The molecular weight excluding hydrogens is 365 g/mol. The molecule has 0 atom stereocenters. The van der Waals surface area contributed by atoms with E-state index in [0.717, 1.165) is 23.7 Å². The van der Waals surface area contributed by atoms with E-state index in [0.29, 0.717) is 18.0 Å². The van der Waals surface area contributed by atoms with Gasteiger partial charge in [-0.1, -0.05) is 0 Å². The number of carbonyl (C=O) groups excluding carboxylic acids is 1. The molecule has 0 saturated heterocycles. The van der Waals surface area contributed by atoms with Crippen molar-refractivity contribution in [2.45, 2.75) is 0 Å². The molecule has 2 aromatic heterocycles. The number of amides is 1. The number of nitrogens with one attached hydrogen (secondary N) is 2. The highest BCUT2D eigenvalue weighted by atomic mass is 35.5. The zero-order valence-corrected chi connectivity index (χ0v) is 15.3. The van der Waals surface area contributed by atoms with Crippen LogP contribution in [0.4, 0.5) is 0 Å². The highest BCUT2D eigenvalue weighted by Crippen LogP contribution is 2.26. The van der Waals surface area contributed by atoms with Gasteiger partial charge in [0.15, 0.2) is 0 Å². The minimum Gasteiger partial charge on any atom is -0.383 e. The normalized spacial score (nSPS) is 9.68. The van der Waals surface area contributed by atoms with Crippen molar-refractivity contribution < 1.29 is 9.53 Å². The number of carbonyl (C=O) groups is 1. The Morgan fingerprint density at radius 3 is 2.82 bits per heavy atom. The molecule has 0 saturated carbocycles. The first-order chi connectivity index (χ1) is 9.81. The molecule has 2 N–H and O–H groups in total. The number of nitrogens with zero attached hydrogens (tertiary/aromatic N) is 1. The van der Waals surface area contributed by atoms with E-state index in [2.05, 4.69) is 15.6 Å². The highest BCUT2D eigenvalue weighted by molar-refractivity contribution is 7.17. The molecule has 2 rings (SSSR count). The number of thiophene rings is 1. The van der Waals surface area contributed by atoms with E-state index in [-0.39, 0.29) is 30.7 Å². The zero-order valence-electron chi connectivity index (χ0n) is 12.0. The fourth-order valence-corrected chi connectivity index (χ4v) is 3.09. The van der Waals surface area contributed by atoms with Gasteiger partial charge in [0, 0.05) is 37.7 Å². The summed E-state index contributed by atoms with van der Waals surface area (Å²) in [6, 6.07) is 2.00. The van der Waals surface area contributed by atoms with Crippen molar-refractivity contribution in [2.75, 3.05) is 33.4 Å². The van der Waals surface area contributed by atoms with Crippen molar-refractivity contribution in [3.05, 3.63) is 27.9 Å². The summed E-state index contributed by atoms with van der Waals surface area (Å²) in [5.74, 6) is -0.0717. The van der Waals surface area contributed by atoms with Gasteiger partial charge in [-0.3, -0.25) is 4.79 Å². The van der Waals surface area contributed by atoms with Gasteiger partial charge < -0.3 is 15.4 Å². The van der Waals surface area contributed by atoms with Gasteiger partial charge in [-0.15, -0.1) is 36.2 Å². The first kappa shape index (κ1) is 21.3. The van der Waals surface area contributed by atoms with Crippen LogP contribution >= 0.6 is 47.5 Å². The average Bonchev–Trinajstić information content (AvgIpc) is 3.12. The molecule has 22 heavy (non-hydrogen) atoms. The Labute approximate surface area is 150 Å². The summed E-state index contributed by atoms with van der Waals surface area (Å²) in [7, 11) is 1.66. The second-order valence-electron chi connectivity index (χ2n) is 4.04. The van der Waals surface area contributed by atoms with Gasteiger partial charge in [0.25, 0.3) is 5.91 Å². The minimum atomic E-state index is -0.0717. The molecule has 0 aliphatic rings. The number of halogens is 2. The molecule has 0 aliphatic heterocycles. The maximum Gasteiger partial charge on any atom is 0.263 e. The van der Waals surface area contributed by atoms with Crippen LogP contribution < -0.4 is 10.6 Å². The Balaban J connectivity index is 0.00000220. The second-order valence-corrected chi connectivity index (χ2v) is 5.85. The smallest absolute Gasteiger partial charge is 0.263 e. The highest BCUT2D eigenvalue weighted by Gasteiger charge is 2.11. The minimum absolute atomic E-state index is 0. The molecule has 2 aromatic rings. The summed E-state index contributed by atoms with van der Waals surface area (Å²) in [4.78, 5) is 16.8. The Hall–Kier alpha value is -0.700. The predicted molar refractivity (Wildman–Crippen MR) is 97.0 cm³/mol. The lowest BCUT2D eigenvalue weighted by atomic mass is 10.4. The van der Waals surface area contributed by atoms with Crippen LogP contribution in [-0.4, -0.2) is 44.2 Å². The Kier molecular flexibility index (Phi) is 11.4. The van der Waals surface area contributed by atoms with Crippen LogP contribution in [0, 0.1) is 0 Å². The van der Waals surface area contributed by atoms with Crippen LogP contribution in [0.1, 0.15) is 9.67 Å². The van der Waals surface area contributed by atoms with Crippen LogP contribution in [0.2, 0.25) is 0 Å². The lowest BCUT2D eigenvalue weighted by molar-refractivity contribution is 0.0957. The quantitative estimate of drug-likeness (QED) is 0.687. The largest absolute Gasteiger partial charge is 0.383 e. The lowest BCUT2D eigenvalue weighted by Crippen LogP contribution is -2.32. The summed E-state index contributed by atoms with van der Waals surface area (Å²) in [5, 5.41) is 10.9. The van der Waals surface area contributed by atoms with Crippen molar-refractivity contribution in [1.82, 2.24) is 15.6 Å². The Morgan fingerprint density at radius 2 is 2.14 bits per heavy atom. The van der Waals surface area contributed by atoms with Crippen LogP contribution in [0.25, 0.3) is 10.6 Å². The van der Waals surface area contributed by atoms with Crippen LogP contribution in [0.15, 0.2) is 23.0 Å². The topological polar surface area (TPSA) is 63.2 Å². The summed E-state index contributed by atoms with van der Waals surface area (Å²) < 4.78 is 4.92. The fourth-order valence-electron chi connectivity index (χ4n) is 1.55. The number of methoxy groups -OCH3 is 1. The summed E-state index contributed by atoms with van der Waals surface area (Å²) in [6.45, 7) is 2.78. The standard InChI is InChI=1S/C13H17N3O2S2.2ClH/c1-18-6-5-14-3-4-15-12(17)11-8-16-13(20-11)10-2-7-19-9-10;;/h2,7-9,14H,3-6H2,1H3,(H,15,17);2*1H. The number of hydrogen-bond donors (Lipinski definition) is 2. The van der Waals surface area contributed by atoms with Crippen molar-refractivity contribution in [1.29, 1.82) is 0 Å². The molecule has 0 spiro atoms. The molecule has 0 unspecified atom stereocenters. The molecule has 0 aliphatic carbocycles. The van der Waals surface area contributed by atoms with E-state index in [9.17, 15) is 4.79 Å². The summed E-state index contributed by atoms with van der Waals surface area (Å²) in [6.07, 6.45) is 1.63. The Bertz CT molecular complexity index is 535. The molecule has 9 heteroatoms. The zero-order chi connectivity index (χ0) is 14.2. The van der Waals surface area contributed by atoms with Gasteiger partial charge in [0.2, 0.25) is 0 Å². The van der Waals surface area contributed by atoms with Crippen molar-refractivity contribution in [3.8, 4) is 10.6 Å². The van der Waals surface area contributed by atoms with Gasteiger partial charge in [0.05, 0.1) is 12.8 Å². The van der Waals surface area contributed by atoms with Gasteiger partial charge in [0.1, 0.15) is 9.88 Å². The summed E-state index contributed by atoms with van der Waals surface area (Å²) >= 11 is 3.04. The third-order valence-electron chi connectivity index (χ3n) is 2.57. The number of hydrogen-bond acceptors (Lipinski definition) is 6. The van der Waals surface area contributed by atoms with Gasteiger partial charge in [-0.2, -0.15) is 11.3 Å². The SMILES string of the molecule is COCCNCCNC(=O)c1cnc(-c2ccsc2)s1.Cl.Cl. The first-order valence-electron chi connectivity index (χ1n) is 6.27. The van der Waals surface area contributed by atoms with Gasteiger partial charge in [-0.05, 0) is 11.4 Å². The second kappa shape index (κ2) is 11.8. The van der Waals surface area contributed by atoms with Gasteiger partial charge >= 0.3 is 0 Å². The molecule has 0 radical (unpaired) electrons. The monoisotopic (exact) mass is 383 g/mol.